The van der Waals surface area contributed by atoms with Crippen LogP contribution in [-0.2, 0) is 4.74 Å². The predicted octanol–water partition coefficient (Wildman–Crippen LogP) is 2.68. The summed E-state index contributed by atoms with van der Waals surface area (Å²) in [7, 11) is 0. The van der Waals surface area contributed by atoms with Gasteiger partial charge in [0.1, 0.15) is 12.2 Å². The third-order valence-corrected chi connectivity index (χ3v) is 4.20. The van der Waals surface area contributed by atoms with Crippen LogP contribution in [0.1, 0.15) is 6.92 Å². The van der Waals surface area contributed by atoms with Crippen molar-refractivity contribution in [2.75, 3.05) is 31.3 Å². The Hall–Kier alpha value is -0.980. The molecule has 2 aliphatic rings. The second kappa shape index (κ2) is 5.56. The van der Waals surface area contributed by atoms with Crippen molar-refractivity contribution in [3.05, 3.63) is 28.7 Å². The monoisotopic (exact) mass is 324 g/mol. The SMILES string of the molecule is C[C@@H]1N=NN(c2ccccc2Br)[C@H]1N1CCOCC1. The second-order valence-electron chi connectivity index (χ2n) is 4.80. The summed E-state index contributed by atoms with van der Waals surface area (Å²) >= 11 is 3.59. The lowest BCUT2D eigenvalue weighted by Crippen LogP contribution is -2.53. The fourth-order valence-corrected chi connectivity index (χ4v) is 3.05. The Balaban J connectivity index is 1.87. The Labute approximate surface area is 121 Å². The number of anilines is 1. The van der Waals surface area contributed by atoms with Gasteiger partial charge in [0.2, 0.25) is 0 Å². The molecule has 1 aromatic carbocycles. The standard InChI is InChI=1S/C13H17BrN4O/c1-10-13(17-6-8-19-9-7-17)18(16-15-10)12-5-3-2-4-11(12)14/h2-5,10,13H,6-9H2,1H3/t10-,13+/m0/s1. The van der Waals surface area contributed by atoms with Crippen LogP contribution >= 0.6 is 15.9 Å². The van der Waals surface area contributed by atoms with Crippen molar-refractivity contribution in [3.63, 3.8) is 0 Å². The Bertz CT molecular complexity index is 475. The number of rotatable bonds is 2. The summed E-state index contributed by atoms with van der Waals surface area (Å²) in [5.41, 5.74) is 1.06. The van der Waals surface area contributed by atoms with E-state index in [2.05, 4.69) is 44.2 Å². The molecule has 0 spiro atoms. The van der Waals surface area contributed by atoms with Crippen molar-refractivity contribution in [2.45, 2.75) is 19.1 Å². The molecule has 1 aromatic rings. The molecule has 2 heterocycles. The lowest BCUT2D eigenvalue weighted by Gasteiger charge is -2.37. The van der Waals surface area contributed by atoms with Gasteiger partial charge in [0.15, 0.2) is 0 Å². The minimum absolute atomic E-state index is 0.171. The van der Waals surface area contributed by atoms with Gasteiger partial charge in [-0.25, -0.2) is 5.01 Å². The number of benzene rings is 1. The first kappa shape index (κ1) is 13.0. The van der Waals surface area contributed by atoms with E-state index in [0.717, 1.165) is 36.5 Å². The molecule has 19 heavy (non-hydrogen) atoms. The summed E-state index contributed by atoms with van der Waals surface area (Å²) in [6.07, 6.45) is 0.183. The first-order chi connectivity index (χ1) is 9.27. The van der Waals surface area contributed by atoms with Gasteiger partial charge in [-0.3, -0.25) is 4.90 Å². The molecule has 0 N–H and O–H groups in total. The van der Waals surface area contributed by atoms with Gasteiger partial charge in [-0.1, -0.05) is 17.4 Å². The van der Waals surface area contributed by atoms with Crippen LogP contribution in [0.5, 0.6) is 0 Å². The Morgan fingerprint density at radius 1 is 1.26 bits per heavy atom. The molecular weight excluding hydrogens is 308 g/mol. The fraction of sp³-hybridized carbons (Fsp3) is 0.538. The van der Waals surface area contributed by atoms with Gasteiger partial charge in [0.25, 0.3) is 0 Å². The van der Waals surface area contributed by atoms with E-state index in [1.54, 1.807) is 0 Å². The highest BCUT2D eigenvalue weighted by atomic mass is 79.9. The van der Waals surface area contributed by atoms with E-state index >= 15 is 0 Å². The third-order valence-electron chi connectivity index (χ3n) is 3.53. The van der Waals surface area contributed by atoms with Crippen LogP contribution in [0.4, 0.5) is 5.69 Å². The van der Waals surface area contributed by atoms with Gasteiger partial charge < -0.3 is 4.74 Å². The topological polar surface area (TPSA) is 40.4 Å². The number of para-hydroxylation sites is 1. The van der Waals surface area contributed by atoms with Gasteiger partial charge in [0.05, 0.1) is 18.9 Å². The molecule has 0 radical (unpaired) electrons. The molecule has 6 heteroatoms. The van der Waals surface area contributed by atoms with Crippen molar-refractivity contribution in [2.24, 2.45) is 10.3 Å². The lowest BCUT2D eigenvalue weighted by molar-refractivity contribution is 0.0152. The first-order valence-corrected chi connectivity index (χ1v) is 7.33. The molecular formula is C13H17BrN4O. The number of halogens is 1. The van der Waals surface area contributed by atoms with Crippen molar-refractivity contribution in [1.82, 2.24) is 4.90 Å². The highest BCUT2D eigenvalue weighted by Crippen LogP contribution is 2.33. The fourth-order valence-electron chi connectivity index (χ4n) is 2.58. The summed E-state index contributed by atoms with van der Waals surface area (Å²) in [6.45, 7) is 5.54. The molecule has 0 bridgehead atoms. The lowest BCUT2D eigenvalue weighted by atomic mass is 10.2. The summed E-state index contributed by atoms with van der Waals surface area (Å²) in [6, 6.07) is 8.30. The van der Waals surface area contributed by atoms with Gasteiger partial charge in [-0.2, -0.15) is 5.11 Å². The minimum atomic E-state index is 0.171. The molecule has 0 unspecified atom stereocenters. The maximum Gasteiger partial charge on any atom is 0.131 e. The van der Waals surface area contributed by atoms with Crippen molar-refractivity contribution < 1.29 is 4.74 Å². The Kier molecular flexibility index (Phi) is 3.81. The van der Waals surface area contributed by atoms with Gasteiger partial charge in [-0.15, -0.1) is 0 Å². The van der Waals surface area contributed by atoms with Crippen LogP contribution in [0.25, 0.3) is 0 Å². The average molecular weight is 325 g/mol. The van der Waals surface area contributed by atoms with E-state index in [-0.39, 0.29) is 12.2 Å². The molecule has 1 fully saturated rings. The number of ether oxygens (including phenoxy) is 1. The van der Waals surface area contributed by atoms with Crippen LogP contribution in [0.15, 0.2) is 39.1 Å². The zero-order valence-corrected chi connectivity index (χ0v) is 12.5. The molecule has 5 nitrogen and oxygen atoms in total. The zero-order chi connectivity index (χ0) is 13.2. The number of nitrogens with zero attached hydrogens (tertiary/aromatic N) is 4. The van der Waals surface area contributed by atoms with E-state index in [9.17, 15) is 0 Å². The van der Waals surface area contributed by atoms with E-state index in [4.69, 9.17) is 4.74 Å². The van der Waals surface area contributed by atoms with Crippen molar-refractivity contribution >= 4 is 21.6 Å². The third kappa shape index (κ3) is 2.52. The van der Waals surface area contributed by atoms with Crippen molar-refractivity contribution in [1.29, 1.82) is 0 Å². The smallest absolute Gasteiger partial charge is 0.131 e. The van der Waals surface area contributed by atoms with Crippen LogP contribution in [0.2, 0.25) is 0 Å². The van der Waals surface area contributed by atoms with Gasteiger partial charge in [0, 0.05) is 17.6 Å². The van der Waals surface area contributed by atoms with Crippen LogP contribution < -0.4 is 5.01 Å². The summed E-state index contributed by atoms with van der Waals surface area (Å²) in [5.74, 6) is 0. The number of hydrogen-bond acceptors (Lipinski definition) is 5. The maximum atomic E-state index is 5.43. The Morgan fingerprint density at radius 3 is 2.74 bits per heavy atom. The average Bonchev–Trinajstić information content (AvgIpc) is 2.82. The van der Waals surface area contributed by atoms with Crippen LogP contribution in [0.3, 0.4) is 0 Å². The van der Waals surface area contributed by atoms with E-state index in [0.29, 0.717) is 0 Å². The highest BCUT2D eigenvalue weighted by molar-refractivity contribution is 9.10. The molecule has 0 aliphatic carbocycles. The molecule has 2 atom stereocenters. The predicted molar refractivity (Wildman–Crippen MR) is 77.1 cm³/mol. The normalized spacial score (nSPS) is 28.0. The maximum absolute atomic E-state index is 5.43. The summed E-state index contributed by atoms with van der Waals surface area (Å²) in [5, 5.41) is 10.7. The molecule has 0 aromatic heterocycles. The van der Waals surface area contributed by atoms with Gasteiger partial charge >= 0.3 is 0 Å². The van der Waals surface area contributed by atoms with Gasteiger partial charge in [-0.05, 0) is 35.0 Å². The van der Waals surface area contributed by atoms with E-state index < -0.39 is 0 Å². The molecule has 2 aliphatic heterocycles. The highest BCUT2D eigenvalue weighted by Gasteiger charge is 2.36. The molecule has 102 valence electrons. The van der Waals surface area contributed by atoms with Crippen LogP contribution in [0, 0.1) is 0 Å². The molecule has 0 saturated carbocycles. The van der Waals surface area contributed by atoms with E-state index in [1.165, 1.54) is 0 Å². The van der Waals surface area contributed by atoms with Crippen LogP contribution in [-0.4, -0.2) is 43.4 Å². The number of morpholine rings is 1. The minimum Gasteiger partial charge on any atom is -0.379 e. The quantitative estimate of drug-likeness (QED) is 0.839. The van der Waals surface area contributed by atoms with Crippen molar-refractivity contribution in [3.8, 4) is 0 Å². The summed E-state index contributed by atoms with van der Waals surface area (Å²) < 4.78 is 6.47. The molecule has 0 amide bonds. The first-order valence-electron chi connectivity index (χ1n) is 6.54. The molecule has 1 saturated heterocycles. The molecule has 3 rings (SSSR count). The summed E-state index contributed by atoms with van der Waals surface area (Å²) in [4.78, 5) is 2.40. The Morgan fingerprint density at radius 2 is 2.00 bits per heavy atom. The zero-order valence-electron chi connectivity index (χ0n) is 10.9. The second-order valence-corrected chi connectivity index (χ2v) is 5.66. The number of hydrogen-bond donors (Lipinski definition) is 0. The van der Waals surface area contributed by atoms with E-state index in [1.807, 2.05) is 23.2 Å². The largest absolute Gasteiger partial charge is 0.379 e.